The zero-order chi connectivity index (χ0) is 15.9. The molecular weight excluding hydrogens is 297 g/mol. The van der Waals surface area contributed by atoms with Crippen LogP contribution in [0.2, 0.25) is 0 Å². The summed E-state index contributed by atoms with van der Waals surface area (Å²) in [6, 6.07) is 0. The molecule has 0 atom stereocenters. The Balaban J connectivity index is 2.72. The van der Waals surface area contributed by atoms with Gasteiger partial charge in [0, 0.05) is 13.1 Å². The van der Waals surface area contributed by atoms with Crippen LogP contribution in [0.3, 0.4) is 0 Å². The van der Waals surface area contributed by atoms with Crippen LogP contribution < -0.4 is 10.2 Å². The van der Waals surface area contributed by atoms with Gasteiger partial charge in [-0.15, -0.1) is 0 Å². The van der Waals surface area contributed by atoms with Gasteiger partial charge in [0.15, 0.2) is 0 Å². The number of nitro groups is 1. The molecule has 0 aromatic carbocycles. The van der Waals surface area contributed by atoms with Crippen LogP contribution in [0.15, 0.2) is 6.20 Å². The first-order valence-electron chi connectivity index (χ1n) is 6.83. The van der Waals surface area contributed by atoms with Crippen LogP contribution in [0.5, 0.6) is 0 Å². The Kier molecular flexibility index (Phi) is 6.97. The van der Waals surface area contributed by atoms with Crippen molar-refractivity contribution in [3.8, 4) is 0 Å². The second-order valence-corrected chi connectivity index (χ2v) is 6.50. The van der Waals surface area contributed by atoms with E-state index >= 15 is 0 Å². The fraction of sp³-hybridized carbons (Fsp3) is 0.727. The van der Waals surface area contributed by atoms with Crippen molar-refractivity contribution in [2.75, 3.05) is 13.1 Å². The van der Waals surface area contributed by atoms with Gasteiger partial charge >= 0.3 is 13.6 Å². The summed E-state index contributed by atoms with van der Waals surface area (Å²) >= 11 is 0. The molecule has 0 amide bonds. The number of nitrogens with one attached hydrogen (secondary N) is 2. The first-order chi connectivity index (χ1) is 9.93. The first kappa shape index (κ1) is 17.8. The molecule has 0 spiro atoms. The molecule has 0 aliphatic heterocycles. The van der Waals surface area contributed by atoms with Gasteiger partial charge in [-0.2, -0.15) is 0 Å². The number of aromatic nitrogens is 2. The van der Waals surface area contributed by atoms with Crippen molar-refractivity contribution >= 4 is 13.6 Å². The van der Waals surface area contributed by atoms with E-state index in [9.17, 15) is 14.7 Å². The topological polar surface area (TPSA) is 111 Å². The minimum Gasteiger partial charge on any atom is -0.390 e. The maximum Gasteiger partial charge on any atom is 0.434 e. The second-order valence-electron chi connectivity index (χ2n) is 4.51. The minimum atomic E-state index is -3.16. The van der Waals surface area contributed by atoms with Gasteiger partial charge in [-0.1, -0.05) is 18.8 Å². The molecule has 1 aromatic rings. The fourth-order valence-corrected chi connectivity index (χ4v) is 3.20. The van der Waals surface area contributed by atoms with Gasteiger partial charge in [-0.3, -0.25) is 9.09 Å². The third-order valence-corrected chi connectivity index (χ3v) is 4.53. The summed E-state index contributed by atoms with van der Waals surface area (Å²) in [5.74, 6) is -0.272. The highest BCUT2D eigenvalue weighted by atomic mass is 31.2. The number of hydrogen-bond acceptors (Lipinski definition) is 5. The molecule has 0 saturated carbocycles. The standard InChI is InChI=1S/C11H22N5O4P/c1-4-6-13-21(19,14-7-5-2)20-9-10-8-12-11(15(10)3)16(17)18/h8H,4-7,9H2,1-3H3,(H2,13,14,19). The Bertz CT molecular complexity index is 507. The summed E-state index contributed by atoms with van der Waals surface area (Å²) in [7, 11) is -1.64. The fourth-order valence-electron chi connectivity index (χ4n) is 1.56. The van der Waals surface area contributed by atoms with E-state index in [0.717, 1.165) is 12.8 Å². The van der Waals surface area contributed by atoms with E-state index in [1.54, 1.807) is 0 Å². The van der Waals surface area contributed by atoms with Crippen molar-refractivity contribution in [2.45, 2.75) is 33.3 Å². The number of imidazole rings is 1. The summed E-state index contributed by atoms with van der Waals surface area (Å²) in [4.78, 5) is 13.8. The van der Waals surface area contributed by atoms with E-state index in [-0.39, 0.29) is 12.6 Å². The lowest BCUT2D eigenvalue weighted by Gasteiger charge is -2.19. The van der Waals surface area contributed by atoms with Gasteiger partial charge in [0.2, 0.25) is 0 Å². The molecule has 21 heavy (non-hydrogen) atoms. The van der Waals surface area contributed by atoms with Crippen molar-refractivity contribution in [2.24, 2.45) is 7.05 Å². The Labute approximate surface area is 123 Å². The molecule has 0 bridgehead atoms. The summed E-state index contributed by atoms with van der Waals surface area (Å²) in [6.45, 7) is 5.00. The molecule has 10 heteroatoms. The predicted molar refractivity (Wildman–Crippen MR) is 78.8 cm³/mol. The van der Waals surface area contributed by atoms with Gasteiger partial charge in [-0.25, -0.2) is 14.7 Å². The molecule has 0 aliphatic rings. The van der Waals surface area contributed by atoms with E-state index in [0.29, 0.717) is 18.8 Å². The van der Waals surface area contributed by atoms with E-state index < -0.39 is 12.6 Å². The molecule has 0 aliphatic carbocycles. The highest BCUT2D eigenvalue weighted by Gasteiger charge is 2.24. The number of nitrogens with zero attached hydrogens (tertiary/aromatic N) is 3. The largest absolute Gasteiger partial charge is 0.434 e. The van der Waals surface area contributed by atoms with Crippen LogP contribution in [0, 0.1) is 10.1 Å². The van der Waals surface area contributed by atoms with Crippen LogP contribution in [0.25, 0.3) is 0 Å². The van der Waals surface area contributed by atoms with Crippen molar-refractivity contribution in [1.82, 2.24) is 19.7 Å². The maximum atomic E-state index is 12.5. The van der Waals surface area contributed by atoms with E-state index in [4.69, 9.17) is 4.52 Å². The molecule has 1 rings (SSSR count). The molecule has 120 valence electrons. The lowest BCUT2D eigenvalue weighted by atomic mass is 10.5. The summed E-state index contributed by atoms with van der Waals surface area (Å²) in [5, 5.41) is 16.4. The number of rotatable bonds is 10. The molecule has 0 fully saturated rings. The average molecular weight is 319 g/mol. The van der Waals surface area contributed by atoms with Crippen LogP contribution >= 0.6 is 7.67 Å². The number of hydrogen-bond donors (Lipinski definition) is 2. The Hall–Kier alpha value is -1.28. The Morgan fingerprint density at radius 3 is 2.38 bits per heavy atom. The molecule has 1 aromatic heterocycles. The van der Waals surface area contributed by atoms with Gasteiger partial charge < -0.3 is 10.1 Å². The minimum absolute atomic E-state index is 0.0257. The lowest BCUT2D eigenvalue weighted by Crippen LogP contribution is -2.25. The predicted octanol–water partition coefficient (Wildman–Crippen LogP) is 1.95. The summed E-state index contributed by atoms with van der Waals surface area (Å²) < 4.78 is 19.3. The van der Waals surface area contributed by atoms with Crippen LogP contribution in [-0.2, 0) is 22.7 Å². The van der Waals surface area contributed by atoms with E-state index in [1.165, 1.54) is 17.8 Å². The lowest BCUT2D eigenvalue weighted by molar-refractivity contribution is -0.396. The van der Waals surface area contributed by atoms with Gasteiger partial charge in [-0.05, 0) is 17.8 Å². The molecule has 0 unspecified atom stereocenters. The average Bonchev–Trinajstić information content (AvgIpc) is 2.82. The van der Waals surface area contributed by atoms with Crippen molar-refractivity contribution < 1.29 is 14.0 Å². The monoisotopic (exact) mass is 319 g/mol. The smallest absolute Gasteiger partial charge is 0.390 e. The summed E-state index contributed by atoms with van der Waals surface area (Å²) in [6.07, 6.45) is 2.98. The van der Waals surface area contributed by atoms with E-state index in [2.05, 4.69) is 15.2 Å². The van der Waals surface area contributed by atoms with Crippen molar-refractivity contribution in [3.63, 3.8) is 0 Å². The molecule has 1 heterocycles. The van der Waals surface area contributed by atoms with Gasteiger partial charge in [0.25, 0.3) is 0 Å². The quantitative estimate of drug-likeness (QED) is 0.385. The van der Waals surface area contributed by atoms with Gasteiger partial charge in [0.05, 0.1) is 7.05 Å². The highest BCUT2D eigenvalue weighted by molar-refractivity contribution is 7.54. The molecule has 0 saturated heterocycles. The zero-order valence-electron chi connectivity index (χ0n) is 12.5. The zero-order valence-corrected chi connectivity index (χ0v) is 13.4. The SMILES string of the molecule is CCCNP(=O)(NCCC)OCc1cnc([N+](=O)[O-])n1C. The third-order valence-electron chi connectivity index (χ3n) is 2.76. The second kappa shape index (κ2) is 8.23. The molecular formula is C11H22N5O4P. The maximum absolute atomic E-state index is 12.5. The Morgan fingerprint density at radius 1 is 1.38 bits per heavy atom. The Morgan fingerprint density at radius 2 is 1.95 bits per heavy atom. The van der Waals surface area contributed by atoms with E-state index in [1.807, 2.05) is 13.8 Å². The molecule has 0 radical (unpaired) electrons. The van der Waals surface area contributed by atoms with Gasteiger partial charge in [0.1, 0.15) is 18.5 Å². The van der Waals surface area contributed by atoms with Crippen LogP contribution in [0.4, 0.5) is 5.95 Å². The summed E-state index contributed by atoms with van der Waals surface area (Å²) in [5.41, 5.74) is 0.485. The van der Waals surface area contributed by atoms with Crippen LogP contribution in [-0.4, -0.2) is 27.6 Å². The molecule has 2 N–H and O–H groups in total. The highest BCUT2D eigenvalue weighted by Crippen LogP contribution is 2.38. The first-order valence-corrected chi connectivity index (χ1v) is 8.45. The normalized spacial score (nSPS) is 11.8. The third kappa shape index (κ3) is 5.20. The van der Waals surface area contributed by atoms with Crippen molar-refractivity contribution in [1.29, 1.82) is 0 Å². The van der Waals surface area contributed by atoms with Crippen molar-refractivity contribution in [3.05, 3.63) is 22.0 Å². The molecule has 9 nitrogen and oxygen atoms in total. The van der Waals surface area contributed by atoms with Crippen LogP contribution in [0.1, 0.15) is 32.4 Å².